The van der Waals surface area contributed by atoms with Crippen molar-refractivity contribution < 1.29 is 13.6 Å². The van der Waals surface area contributed by atoms with Gasteiger partial charge in [0, 0.05) is 41.5 Å². The third-order valence-corrected chi connectivity index (χ3v) is 4.65. The standard InChI is InChI=1S/C23H18F2N4O/c24-19-9-8-15(13-20(19)25)21-14-22(29-28-21)17-6-1-2-7-18(17)23(30)27-12-10-16-5-3-4-11-26-16/h1-9,11,13-14H,10,12H2,(H,27,30)(H,28,29). The molecule has 7 heteroatoms. The normalized spacial score (nSPS) is 10.7. The van der Waals surface area contributed by atoms with Crippen LogP contribution in [0.4, 0.5) is 8.78 Å². The Bertz CT molecular complexity index is 1170. The van der Waals surface area contributed by atoms with Gasteiger partial charge in [-0.25, -0.2) is 8.78 Å². The molecule has 0 saturated carbocycles. The summed E-state index contributed by atoms with van der Waals surface area (Å²) in [4.78, 5) is 17.0. The van der Waals surface area contributed by atoms with Gasteiger partial charge in [0.25, 0.3) is 5.91 Å². The van der Waals surface area contributed by atoms with Crippen LogP contribution in [0.25, 0.3) is 22.5 Å². The second-order valence-electron chi connectivity index (χ2n) is 6.67. The smallest absolute Gasteiger partial charge is 0.251 e. The minimum absolute atomic E-state index is 0.223. The van der Waals surface area contributed by atoms with Gasteiger partial charge in [-0.3, -0.25) is 14.9 Å². The number of H-pyrrole nitrogens is 1. The predicted molar refractivity (Wildman–Crippen MR) is 110 cm³/mol. The highest BCUT2D eigenvalue weighted by Gasteiger charge is 2.15. The number of carbonyl (C=O) groups is 1. The van der Waals surface area contributed by atoms with Gasteiger partial charge in [-0.15, -0.1) is 0 Å². The van der Waals surface area contributed by atoms with Crippen LogP contribution in [0.2, 0.25) is 0 Å². The molecule has 0 bridgehead atoms. The first-order valence-corrected chi connectivity index (χ1v) is 9.40. The number of amides is 1. The highest BCUT2D eigenvalue weighted by atomic mass is 19.2. The van der Waals surface area contributed by atoms with Crippen molar-refractivity contribution >= 4 is 5.91 Å². The van der Waals surface area contributed by atoms with Crippen molar-refractivity contribution in [2.45, 2.75) is 6.42 Å². The van der Waals surface area contributed by atoms with Crippen molar-refractivity contribution in [2.75, 3.05) is 6.54 Å². The zero-order valence-electron chi connectivity index (χ0n) is 15.9. The summed E-state index contributed by atoms with van der Waals surface area (Å²) in [6, 6.07) is 18.1. The van der Waals surface area contributed by atoms with Crippen LogP contribution in [0.1, 0.15) is 16.1 Å². The van der Waals surface area contributed by atoms with Gasteiger partial charge in [0.15, 0.2) is 11.6 Å². The third kappa shape index (κ3) is 4.25. The fourth-order valence-corrected chi connectivity index (χ4v) is 3.12. The summed E-state index contributed by atoms with van der Waals surface area (Å²) >= 11 is 0. The first kappa shape index (κ1) is 19.4. The number of pyridine rings is 1. The topological polar surface area (TPSA) is 70.7 Å². The second-order valence-corrected chi connectivity index (χ2v) is 6.67. The number of carbonyl (C=O) groups excluding carboxylic acids is 1. The van der Waals surface area contributed by atoms with E-state index in [0.29, 0.717) is 41.0 Å². The van der Waals surface area contributed by atoms with E-state index in [9.17, 15) is 13.6 Å². The summed E-state index contributed by atoms with van der Waals surface area (Å²) in [7, 11) is 0. The molecule has 0 atom stereocenters. The summed E-state index contributed by atoms with van der Waals surface area (Å²) in [5.41, 5.74) is 3.53. The number of hydrogen-bond donors (Lipinski definition) is 2. The molecular weight excluding hydrogens is 386 g/mol. The third-order valence-electron chi connectivity index (χ3n) is 4.65. The molecule has 2 heterocycles. The molecule has 0 saturated heterocycles. The lowest BCUT2D eigenvalue weighted by Crippen LogP contribution is -2.26. The van der Waals surface area contributed by atoms with Crippen LogP contribution in [-0.2, 0) is 6.42 Å². The summed E-state index contributed by atoms with van der Waals surface area (Å²) in [6.07, 6.45) is 2.34. The molecule has 30 heavy (non-hydrogen) atoms. The Labute approximate surface area is 171 Å². The van der Waals surface area contributed by atoms with Crippen LogP contribution >= 0.6 is 0 Å². The van der Waals surface area contributed by atoms with Crippen LogP contribution < -0.4 is 5.32 Å². The maximum absolute atomic E-state index is 13.5. The van der Waals surface area contributed by atoms with Crippen molar-refractivity contribution in [2.24, 2.45) is 0 Å². The van der Waals surface area contributed by atoms with Crippen LogP contribution in [-0.4, -0.2) is 27.6 Å². The Morgan fingerprint density at radius 1 is 0.967 bits per heavy atom. The molecule has 2 aromatic heterocycles. The lowest BCUT2D eigenvalue weighted by atomic mass is 10.0. The Morgan fingerprint density at radius 2 is 1.80 bits per heavy atom. The molecule has 0 unspecified atom stereocenters. The van der Waals surface area contributed by atoms with E-state index in [0.717, 1.165) is 17.8 Å². The van der Waals surface area contributed by atoms with Crippen molar-refractivity contribution in [1.29, 1.82) is 0 Å². The predicted octanol–water partition coefficient (Wildman–Crippen LogP) is 4.39. The van der Waals surface area contributed by atoms with Crippen LogP contribution in [0.5, 0.6) is 0 Å². The average Bonchev–Trinajstić information content (AvgIpc) is 3.26. The number of aromatic nitrogens is 3. The number of nitrogens with zero attached hydrogens (tertiary/aromatic N) is 2. The molecule has 150 valence electrons. The largest absolute Gasteiger partial charge is 0.352 e. The quantitative estimate of drug-likeness (QED) is 0.501. The number of rotatable bonds is 6. The zero-order chi connectivity index (χ0) is 20.9. The molecule has 2 aromatic carbocycles. The van der Waals surface area contributed by atoms with Crippen molar-refractivity contribution in [3.05, 3.63) is 95.8 Å². The summed E-state index contributed by atoms with van der Waals surface area (Å²) < 4.78 is 26.7. The zero-order valence-corrected chi connectivity index (χ0v) is 15.9. The average molecular weight is 404 g/mol. The molecule has 0 spiro atoms. The van der Waals surface area contributed by atoms with Crippen molar-refractivity contribution in [3.8, 4) is 22.5 Å². The molecule has 4 aromatic rings. The minimum Gasteiger partial charge on any atom is -0.352 e. The van der Waals surface area contributed by atoms with Gasteiger partial charge in [0.05, 0.1) is 11.4 Å². The van der Waals surface area contributed by atoms with E-state index >= 15 is 0 Å². The van der Waals surface area contributed by atoms with E-state index in [2.05, 4.69) is 20.5 Å². The van der Waals surface area contributed by atoms with E-state index < -0.39 is 11.6 Å². The molecule has 0 fully saturated rings. The molecule has 0 aliphatic heterocycles. The SMILES string of the molecule is O=C(NCCc1ccccn1)c1ccccc1-c1cc(-c2ccc(F)c(F)c2)[nH]n1. The monoisotopic (exact) mass is 404 g/mol. The maximum Gasteiger partial charge on any atom is 0.251 e. The van der Waals surface area contributed by atoms with Gasteiger partial charge in [-0.05, 0) is 42.5 Å². The fraction of sp³-hybridized carbons (Fsp3) is 0.0870. The number of nitrogens with one attached hydrogen (secondary N) is 2. The van der Waals surface area contributed by atoms with Crippen LogP contribution in [0.3, 0.4) is 0 Å². The lowest BCUT2D eigenvalue weighted by Gasteiger charge is -2.08. The minimum atomic E-state index is -0.934. The maximum atomic E-state index is 13.5. The van der Waals surface area contributed by atoms with Gasteiger partial charge in [-0.2, -0.15) is 5.10 Å². The van der Waals surface area contributed by atoms with Crippen LogP contribution in [0.15, 0.2) is 72.9 Å². The second kappa shape index (κ2) is 8.65. The first-order chi connectivity index (χ1) is 14.6. The molecule has 5 nitrogen and oxygen atoms in total. The Balaban J connectivity index is 1.52. The molecule has 4 rings (SSSR count). The molecule has 2 N–H and O–H groups in total. The van der Waals surface area contributed by atoms with E-state index in [1.54, 1.807) is 30.5 Å². The molecule has 1 amide bonds. The first-order valence-electron chi connectivity index (χ1n) is 9.40. The fourth-order valence-electron chi connectivity index (χ4n) is 3.12. The Morgan fingerprint density at radius 3 is 2.60 bits per heavy atom. The van der Waals surface area contributed by atoms with Gasteiger partial charge < -0.3 is 5.32 Å². The Kier molecular flexibility index (Phi) is 5.61. The summed E-state index contributed by atoms with van der Waals surface area (Å²) in [6.45, 7) is 0.449. The number of aromatic amines is 1. The molecule has 0 aliphatic carbocycles. The van der Waals surface area contributed by atoms with E-state index in [-0.39, 0.29) is 5.91 Å². The Hall–Kier alpha value is -3.87. The van der Waals surface area contributed by atoms with Gasteiger partial charge >= 0.3 is 0 Å². The number of benzene rings is 2. The highest BCUT2D eigenvalue weighted by Crippen LogP contribution is 2.27. The summed E-state index contributed by atoms with van der Waals surface area (Å²) in [5.74, 6) is -2.07. The van der Waals surface area contributed by atoms with Crippen molar-refractivity contribution in [3.63, 3.8) is 0 Å². The van der Waals surface area contributed by atoms with E-state index in [1.165, 1.54) is 6.07 Å². The number of halogens is 2. The summed E-state index contributed by atoms with van der Waals surface area (Å²) in [5, 5.41) is 9.98. The number of hydrogen-bond acceptors (Lipinski definition) is 3. The van der Waals surface area contributed by atoms with E-state index in [4.69, 9.17) is 0 Å². The van der Waals surface area contributed by atoms with Crippen molar-refractivity contribution in [1.82, 2.24) is 20.5 Å². The molecule has 0 radical (unpaired) electrons. The van der Waals surface area contributed by atoms with Gasteiger partial charge in [0.1, 0.15) is 0 Å². The lowest BCUT2D eigenvalue weighted by molar-refractivity contribution is 0.0954. The molecule has 0 aliphatic rings. The van der Waals surface area contributed by atoms with E-state index in [1.807, 2.05) is 24.3 Å². The van der Waals surface area contributed by atoms with Gasteiger partial charge in [0.2, 0.25) is 0 Å². The molecular formula is C23H18F2N4O. The highest BCUT2D eigenvalue weighted by molar-refractivity contribution is 6.00. The van der Waals surface area contributed by atoms with Gasteiger partial charge in [-0.1, -0.05) is 24.3 Å². The van der Waals surface area contributed by atoms with Crippen LogP contribution in [0, 0.1) is 11.6 Å².